The number of aromatic nitrogens is 3. The second kappa shape index (κ2) is 7.00. The van der Waals surface area contributed by atoms with Gasteiger partial charge in [0.15, 0.2) is 10.8 Å². The lowest BCUT2D eigenvalue weighted by atomic mass is 10.2. The predicted octanol–water partition coefficient (Wildman–Crippen LogP) is 3.49. The van der Waals surface area contributed by atoms with E-state index in [1.54, 1.807) is 4.90 Å². The van der Waals surface area contributed by atoms with Gasteiger partial charge in [-0.25, -0.2) is 0 Å². The molecule has 0 N–H and O–H groups in total. The van der Waals surface area contributed by atoms with Gasteiger partial charge in [-0.15, -0.1) is 10.2 Å². The highest BCUT2D eigenvalue weighted by Gasteiger charge is 2.31. The Labute approximate surface area is 142 Å². The topological polar surface area (TPSA) is 50.5 Å². The predicted molar refractivity (Wildman–Crippen MR) is 85.8 cm³/mol. The Morgan fingerprint density at radius 2 is 1.83 bits per heavy atom. The number of pyridine rings is 1. The van der Waals surface area contributed by atoms with Crippen molar-refractivity contribution in [3.05, 3.63) is 23.9 Å². The van der Waals surface area contributed by atoms with Crippen LogP contribution in [0.4, 0.5) is 13.2 Å². The Bertz CT molecular complexity index is 719. The maximum atomic E-state index is 12.8. The fourth-order valence-corrected chi connectivity index (χ4v) is 3.29. The van der Waals surface area contributed by atoms with E-state index >= 15 is 0 Å². The Hall–Kier alpha value is -1.77. The van der Waals surface area contributed by atoms with Gasteiger partial charge in [0.25, 0.3) is 0 Å². The van der Waals surface area contributed by atoms with E-state index in [1.165, 1.54) is 10.5 Å². The fraction of sp³-hybridized carbons (Fsp3) is 0.533. The summed E-state index contributed by atoms with van der Waals surface area (Å²) in [5.74, 6) is 0.00153. The zero-order chi connectivity index (χ0) is 18.1. The third kappa shape index (κ3) is 4.00. The number of thioether (sulfide) groups is 1. The minimum atomic E-state index is -4.44. The number of halogens is 3. The molecule has 0 spiro atoms. The highest BCUT2D eigenvalue weighted by Crippen LogP contribution is 2.30. The molecule has 2 aromatic rings. The maximum absolute atomic E-state index is 12.8. The molecule has 0 fully saturated rings. The third-order valence-corrected chi connectivity index (χ3v) is 4.35. The highest BCUT2D eigenvalue weighted by atomic mass is 32.2. The van der Waals surface area contributed by atoms with Crippen molar-refractivity contribution >= 4 is 23.3 Å². The molecule has 0 atom stereocenters. The van der Waals surface area contributed by atoms with E-state index < -0.39 is 11.7 Å². The summed E-state index contributed by atoms with van der Waals surface area (Å²) >= 11 is 1.08. The lowest BCUT2D eigenvalue weighted by Gasteiger charge is -2.30. The second-order valence-electron chi connectivity index (χ2n) is 5.90. The zero-order valence-corrected chi connectivity index (χ0v) is 14.6. The smallest absolute Gasteiger partial charge is 0.337 e. The number of nitrogens with zero attached hydrogens (tertiary/aromatic N) is 4. The van der Waals surface area contributed by atoms with Crippen molar-refractivity contribution in [1.29, 1.82) is 0 Å². The lowest BCUT2D eigenvalue weighted by molar-refractivity contribution is -0.138. The molecule has 5 nitrogen and oxygen atoms in total. The van der Waals surface area contributed by atoms with E-state index in [-0.39, 0.29) is 28.9 Å². The lowest BCUT2D eigenvalue weighted by Crippen LogP contribution is -2.43. The third-order valence-electron chi connectivity index (χ3n) is 3.42. The maximum Gasteiger partial charge on any atom is 0.417 e. The van der Waals surface area contributed by atoms with Gasteiger partial charge < -0.3 is 4.90 Å². The number of rotatable bonds is 5. The summed E-state index contributed by atoms with van der Waals surface area (Å²) in [4.78, 5) is 14.1. The number of carbonyl (C=O) groups is 1. The monoisotopic (exact) mass is 360 g/mol. The van der Waals surface area contributed by atoms with E-state index in [4.69, 9.17) is 0 Å². The largest absolute Gasteiger partial charge is 0.417 e. The summed E-state index contributed by atoms with van der Waals surface area (Å²) in [5.41, 5.74) is -0.475. The Balaban J connectivity index is 2.20. The van der Waals surface area contributed by atoms with Gasteiger partial charge >= 0.3 is 6.18 Å². The van der Waals surface area contributed by atoms with E-state index in [9.17, 15) is 18.0 Å². The second-order valence-corrected chi connectivity index (χ2v) is 6.85. The summed E-state index contributed by atoms with van der Waals surface area (Å²) in [6.45, 7) is 7.69. The minimum Gasteiger partial charge on any atom is -0.337 e. The normalized spacial score (nSPS) is 12.4. The first-order valence-electron chi connectivity index (χ1n) is 7.47. The quantitative estimate of drug-likeness (QED) is 0.766. The van der Waals surface area contributed by atoms with E-state index in [2.05, 4.69) is 10.2 Å². The summed E-state index contributed by atoms with van der Waals surface area (Å²) in [6, 6.07) is 2.31. The number of hydrogen-bond donors (Lipinski definition) is 0. The van der Waals surface area contributed by atoms with Crippen LogP contribution in [0.3, 0.4) is 0 Å². The van der Waals surface area contributed by atoms with Crippen LogP contribution in [0, 0.1) is 0 Å². The van der Waals surface area contributed by atoms with Crippen LogP contribution in [0.2, 0.25) is 0 Å². The average molecular weight is 360 g/mol. The van der Waals surface area contributed by atoms with E-state index in [0.29, 0.717) is 5.65 Å². The van der Waals surface area contributed by atoms with Crippen molar-refractivity contribution < 1.29 is 18.0 Å². The average Bonchev–Trinajstić information content (AvgIpc) is 2.85. The molecule has 0 aromatic carbocycles. The number of fused-ring (bicyclic) bond motifs is 1. The van der Waals surface area contributed by atoms with Crippen molar-refractivity contribution in [3.63, 3.8) is 0 Å². The Kier molecular flexibility index (Phi) is 5.42. The molecule has 0 bridgehead atoms. The molecule has 0 aliphatic rings. The molecule has 1 amide bonds. The molecule has 0 saturated carbocycles. The molecule has 2 rings (SSSR count). The van der Waals surface area contributed by atoms with Gasteiger partial charge in [-0.1, -0.05) is 11.8 Å². The van der Waals surface area contributed by atoms with Gasteiger partial charge in [-0.3, -0.25) is 9.20 Å². The van der Waals surface area contributed by atoms with Crippen molar-refractivity contribution in [1.82, 2.24) is 19.5 Å². The first-order chi connectivity index (χ1) is 11.1. The molecule has 132 valence electrons. The summed E-state index contributed by atoms with van der Waals surface area (Å²) in [5, 5.41) is 7.97. The van der Waals surface area contributed by atoms with Crippen LogP contribution >= 0.6 is 11.8 Å². The van der Waals surface area contributed by atoms with Gasteiger partial charge in [0, 0.05) is 18.3 Å². The fourth-order valence-electron chi connectivity index (χ4n) is 2.51. The number of alkyl halides is 3. The van der Waals surface area contributed by atoms with Gasteiger partial charge in [-0.05, 0) is 39.8 Å². The number of carbonyl (C=O) groups excluding carboxylic acids is 1. The molecule has 24 heavy (non-hydrogen) atoms. The van der Waals surface area contributed by atoms with Crippen molar-refractivity contribution in [2.75, 3.05) is 5.75 Å². The molecule has 0 aliphatic carbocycles. The van der Waals surface area contributed by atoms with Crippen LogP contribution in [0.5, 0.6) is 0 Å². The molecule has 0 saturated heterocycles. The molecule has 0 aliphatic heterocycles. The first-order valence-corrected chi connectivity index (χ1v) is 8.45. The van der Waals surface area contributed by atoms with Crippen LogP contribution in [-0.4, -0.2) is 43.2 Å². The van der Waals surface area contributed by atoms with Gasteiger partial charge in [0.2, 0.25) is 5.91 Å². The van der Waals surface area contributed by atoms with Crippen LogP contribution in [-0.2, 0) is 11.0 Å². The Morgan fingerprint density at radius 3 is 2.38 bits per heavy atom. The molecule has 2 aromatic heterocycles. The van der Waals surface area contributed by atoms with Crippen molar-refractivity contribution in [2.45, 2.75) is 51.1 Å². The number of amides is 1. The molecule has 0 unspecified atom stereocenters. The molecular formula is C15H19F3N4OS. The zero-order valence-electron chi connectivity index (χ0n) is 13.8. The van der Waals surface area contributed by atoms with E-state index in [1.807, 2.05) is 27.7 Å². The van der Waals surface area contributed by atoms with E-state index in [0.717, 1.165) is 24.0 Å². The van der Waals surface area contributed by atoms with Gasteiger partial charge in [0.05, 0.1) is 11.3 Å². The van der Waals surface area contributed by atoms with Crippen LogP contribution in [0.25, 0.3) is 5.65 Å². The standard InChI is InChI=1S/C15H19F3N4OS/c1-9(2)22(10(3)4)13(23)8-24-14-20-19-12-6-5-11(7-21(12)14)15(16,17)18/h5-7,9-10H,8H2,1-4H3. The molecule has 2 heterocycles. The molecule has 0 radical (unpaired) electrons. The summed E-state index contributed by atoms with van der Waals surface area (Å²) in [6.07, 6.45) is -3.49. The first kappa shape index (κ1) is 18.6. The Morgan fingerprint density at radius 1 is 1.21 bits per heavy atom. The van der Waals surface area contributed by atoms with Gasteiger partial charge in [0.1, 0.15) is 0 Å². The minimum absolute atomic E-state index is 0.0464. The summed E-state index contributed by atoms with van der Waals surface area (Å²) < 4.78 is 39.7. The molecule has 9 heteroatoms. The van der Waals surface area contributed by atoms with Crippen molar-refractivity contribution in [3.8, 4) is 0 Å². The van der Waals surface area contributed by atoms with Gasteiger partial charge in [-0.2, -0.15) is 13.2 Å². The SMILES string of the molecule is CC(C)N(C(=O)CSc1nnc2ccc(C(F)(F)F)cn12)C(C)C. The number of hydrogen-bond acceptors (Lipinski definition) is 4. The van der Waals surface area contributed by atoms with Crippen LogP contribution < -0.4 is 0 Å². The van der Waals surface area contributed by atoms with Crippen LogP contribution in [0.1, 0.15) is 33.3 Å². The highest BCUT2D eigenvalue weighted by molar-refractivity contribution is 7.99. The summed E-state index contributed by atoms with van der Waals surface area (Å²) in [7, 11) is 0. The molecular weight excluding hydrogens is 341 g/mol. The van der Waals surface area contributed by atoms with Crippen LogP contribution in [0.15, 0.2) is 23.5 Å². The van der Waals surface area contributed by atoms with Crippen molar-refractivity contribution in [2.24, 2.45) is 0 Å².